The fraction of sp³-hybridized carbons (Fsp3) is 0.391. The quantitative estimate of drug-likeness (QED) is 0.796. The molecule has 1 saturated heterocycles. The van der Waals surface area contributed by atoms with Gasteiger partial charge in [0.2, 0.25) is 0 Å². The van der Waals surface area contributed by atoms with Crippen LogP contribution in [0, 0.1) is 0 Å². The van der Waals surface area contributed by atoms with E-state index in [-0.39, 0.29) is 11.9 Å². The average Bonchev–Trinajstić information content (AvgIpc) is 3.21. The minimum atomic E-state index is -0.159. The summed E-state index contributed by atoms with van der Waals surface area (Å²) < 4.78 is 5.53. The Bertz CT molecular complexity index is 931. The number of para-hydroxylation sites is 1. The highest BCUT2D eigenvalue weighted by molar-refractivity contribution is 6.30. The van der Waals surface area contributed by atoms with Gasteiger partial charge in [-0.25, -0.2) is 5.01 Å². The summed E-state index contributed by atoms with van der Waals surface area (Å²) >= 11 is 6.09. The molecule has 2 aliphatic heterocycles. The van der Waals surface area contributed by atoms with Gasteiger partial charge in [-0.15, -0.1) is 0 Å². The van der Waals surface area contributed by atoms with Gasteiger partial charge in [-0.05, 0) is 36.8 Å². The maximum atomic E-state index is 13.3. The summed E-state index contributed by atoms with van der Waals surface area (Å²) in [6.45, 7) is 5.15. The standard InChI is InChI=1S/C23H27ClN4O2/c1-16-14-25-11-12-27(16)15-23(29)28-21(17-7-9-18(24)10-8-17)13-20(26-28)19-5-3-4-6-22(19)30-2/h3-10,16,21,25H,11-15H2,1-2H3. The molecule has 0 saturated carbocycles. The Hall–Kier alpha value is -2.41. The minimum absolute atomic E-state index is 0.00796. The number of nitrogens with zero attached hydrogens (tertiary/aromatic N) is 3. The molecule has 0 bridgehead atoms. The molecule has 158 valence electrons. The first-order valence-corrected chi connectivity index (χ1v) is 10.7. The topological polar surface area (TPSA) is 57.2 Å². The van der Waals surface area contributed by atoms with Crippen molar-refractivity contribution in [3.8, 4) is 5.75 Å². The molecule has 2 atom stereocenters. The zero-order valence-electron chi connectivity index (χ0n) is 17.3. The van der Waals surface area contributed by atoms with Crippen molar-refractivity contribution in [2.45, 2.75) is 25.4 Å². The third-order valence-electron chi connectivity index (χ3n) is 5.82. The van der Waals surface area contributed by atoms with E-state index in [1.165, 1.54) is 0 Å². The highest BCUT2D eigenvalue weighted by Crippen LogP contribution is 2.35. The van der Waals surface area contributed by atoms with Crippen LogP contribution < -0.4 is 10.1 Å². The van der Waals surface area contributed by atoms with Crippen molar-refractivity contribution in [3.05, 3.63) is 64.7 Å². The van der Waals surface area contributed by atoms with Gasteiger partial charge in [-0.1, -0.05) is 35.9 Å². The smallest absolute Gasteiger partial charge is 0.257 e. The van der Waals surface area contributed by atoms with Gasteiger partial charge in [0.05, 0.1) is 25.4 Å². The van der Waals surface area contributed by atoms with Gasteiger partial charge >= 0.3 is 0 Å². The summed E-state index contributed by atoms with van der Waals surface area (Å²) in [5.41, 5.74) is 2.80. The molecule has 0 aromatic heterocycles. The number of methoxy groups -OCH3 is 1. The summed E-state index contributed by atoms with van der Waals surface area (Å²) in [5, 5.41) is 10.5. The molecular weight excluding hydrogens is 400 g/mol. The Morgan fingerprint density at radius 1 is 1.23 bits per heavy atom. The average molecular weight is 427 g/mol. The van der Waals surface area contributed by atoms with E-state index in [0.717, 1.165) is 42.2 Å². The number of piperazine rings is 1. The van der Waals surface area contributed by atoms with Crippen molar-refractivity contribution >= 4 is 23.2 Å². The molecule has 7 heteroatoms. The predicted octanol–water partition coefficient (Wildman–Crippen LogP) is 3.32. The van der Waals surface area contributed by atoms with Gasteiger partial charge in [0, 0.05) is 42.7 Å². The second-order valence-corrected chi connectivity index (χ2v) is 8.22. The fourth-order valence-corrected chi connectivity index (χ4v) is 4.22. The number of benzene rings is 2. The Kier molecular flexibility index (Phi) is 6.37. The van der Waals surface area contributed by atoms with E-state index in [9.17, 15) is 4.79 Å². The summed E-state index contributed by atoms with van der Waals surface area (Å²) in [7, 11) is 1.65. The molecule has 2 unspecified atom stereocenters. The van der Waals surface area contributed by atoms with Crippen LogP contribution in [0.4, 0.5) is 0 Å². The number of carbonyl (C=O) groups is 1. The third-order valence-corrected chi connectivity index (χ3v) is 6.07. The monoisotopic (exact) mass is 426 g/mol. The number of hydrogen-bond donors (Lipinski definition) is 1. The van der Waals surface area contributed by atoms with Crippen LogP contribution in [0.3, 0.4) is 0 Å². The Morgan fingerprint density at radius 3 is 2.73 bits per heavy atom. The van der Waals surface area contributed by atoms with E-state index in [0.29, 0.717) is 24.0 Å². The zero-order chi connectivity index (χ0) is 21.1. The van der Waals surface area contributed by atoms with Crippen LogP contribution in [-0.2, 0) is 4.79 Å². The number of hydrazone groups is 1. The second kappa shape index (κ2) is 9.16. The van der Waals surface area contributed by atoms with Crippen LogP contribution in [0.25, 0.3) is 0 Å². The van der Waals surface area contributed by atoms with E-state index in [4.69, 9.17) is 21.4 Å². The van der Waals surface area contributed by atoms with Crippen LogP contribution >= 0.6 is 11.6 Å². The van der Waals surface area contributed by atoms with Crippen molar-refractivity contribution in [1.29, 1.82) is 0 Å². The highest BCUT2D eigenvalue weighted by Gasteiger charge is 2.35. The highest BCUT2D eigenvalue weighted by atomic mass is 35.5. The van der Waals surface area contributed by atoms with Gasteiger partial charge in [0.15, 0.2) is 0 Å². The van der Waals surface area contributed by atoms with Crippen LogP contribution in [0.1, 0.15) is 30.5 Å². The maximum Gasteiger partial charge on any atom is 0.257 e. The van der Waals surface area contributed by atoms with Crippen LogP contribution in [0.15, 0.2) is 53.6 Å². The molecule has 2 aromatic carbocycles. The molecule has 4 rings (SSSR count). The van der Waals surface area contributed by atoms with Crippen molar-refractivity contribution < 1.29 is 9.53 Å². The number of ether oxygens (including phenoxy) is 1. The van der Waals surface area contributed by atoms with E-state index < -0.39 is 0 Å². The fourth-order valence-electron chi connectivity index (χ4n) is 4.09. The lowest BCUT2D eigenvalue weighted by atomic mass is 9.98. The van der Waals surface area contributed by atoms with Crippen LogP contribution in [0.5, 0.6) is 5.75 Å². The summed E-state index contributed by atoms with van der Waals surface area (Å²) in [6, 6.07) is 15.6. The van der Waals surface area contributed by atoms with Crippen molar-refractivity contribution in [1.82, 2.24) is 15.2 Å². The molecule has 2 heterocycles. The summed E-state index contributed by atoms with van der Waals surface area (Å²) in [6.07, 6.45) is 0.630. The van der Waals surface area contributed by atoms with Gasteiger partial charge < -0.3 is 10.1 Å². The van der Waals surface area contributed by atoms with Gasteiger partial charge in [0.25, 0.3) is 5.91 Å². The Labute approximate surface area is 182 Å². The van der Waals surface area contributed by atoms with E-state index >= 15 is 0 Å². The molecular formula is C23H27ClN4O2. The van der Waals surface area contributed by atoms with E-state index in [1.54, 1.807) is 12.1 Å². The molecule has 1 fully saturated rings. The molecule has 6 nitrogen and oxygen atoms in total. The number of rotatable bonds is 5. The summed E-state index contributed by atoms with van der Waals surface area (Å²) in [5.74, 6) is 0.768. The first-order chi connectivity index (χ1) is 14.6. The first-order valence-electron chi connectivity index (χ1n) is 10.3. The Balaban J connectivity index is 1.64. The largest absolute Gasteiger partial charge is 0.496 e. The molecule has 1 N–H and O–H groups in total. The number of amides is 1. The molecule has 1 amide bonds. The van der Waals surface area contributed by atoms with Crippen LogP contribution in [-0.4, -0.2) is 60.9 Å². The zero-order valence-corrected chi connectivity index (χ0v) is 18.1. The van der Waals surface area contributed by atoms with Gasteiger partial charge in [-0.2, -0.15) is 5.10 Å². The molecule has 0 radical (unpaired) electrons. The van der Waals surface area contributed by atoms with Gasteiger partial charge in [-0.3, -0.25) is 9.69 Å². The summed E-state index contributed by atoms with van der Waals surface area (Å²) in [4.78, 5) is 15.6. The van der Waals surface area contributed by atoms with Crippen molar-refractivity contribution in [3.63, 3.8) is 0 Å². The van der Waals surface area contributed by atoms with E-state index in [1.807, 2.05) is 48.5 Å². The molecule has 2 aliphatic rings. The predicted molar refractivity (Wildman–Crippen MR) is 119 cm³/mol. The third kappa shape index (κ3) is 4.36. The van der Waals surface area contributed by atoms with Crippen molar-refractivity contribution in [2.24, 2.45) is 5.10 Å². The lowest BCUT2D eigenvalue weighted by Crippen LogP contribution is -2.52. The lowest BCUT2D eigenvalue weighted by Gasteiger charge is -2.34. The number of nitrogens with one attached hydrogen (secondary N) is 1. The minimum Gasteiger partial charge on any atom is -0.496 e. The number of carbonyl (C=O) groups excluding carboxylic acids is 1. The van der Waals surface area contributed by atoms with Crippen molar-refractivity contribution in [2.75, 3.05) is 33.3 Å². The molecule has 2 aromatic rings. The Morgan fingerprint density at radius 2 is 2.00 bits per heavy atom. The SMILES string of the molecule is COc1ccccc1C1=NN(C(=O)CN2CCNCC2C)C(c2ccc(Cl)cc2)C1. The number of halogens is 1. The molecule has 30 heavy (non-hydrogen) atoms. The number of hydrogen-bond acceptors (Lipinski definition) is 5. The normalized spacial score (nSPS) is 22.1. The lowest BCUT2D eigenvalue weighted by molar-refractivity contribution is -0.135. The maximum absolute atomic E-state index is 13.3. The van der Waals surface area contributed by atoms with E-state index in [2.05, 4.69) is 17.1 Å². The van der Waals surface area contributed by atoms with Gasteiger partial charge in [0.1, 0.15) is 5.75 Å². The second-order valence-electron chi connectivity index (χ2n) is 7.78. The molecule has 0 aliphatic carbocycles. The van der Waals surface area contributed by atoms with Crippen LogP contribution in [0.2, 0.25) is 5.02 Å². The molecule has 0 spiro atoms. The first kappa shape index (κ1) is 20.8.